The third-order valence-electron chi connectivity index (χ3n) is 3.52. The average Bonchev–Trinajstić information content (AvgIpc) is 2.86. The first-order chi connectivity index (χ1) is 11.3. The maximum Gasteiger partial charge on any atom is 0.343 e. The first-order valence-corrected chi connectivity index (χ1v) is 9.03. The molecule has 3 rings (SSSR count). The quantitative estimate of drug-likeness (QED) is 0.754. The lowest BCUT2D eigenvalue weighted by atomic mass is 10.0. The standard InChI is InChI=1S/C16H16N4O3S/c1-20-15(17-18-16(20)21)13-5-3-4-12(10-13)11-6-8-14(9-7-11)19-24(2,22)23/h3-10,19H,1-2H3,(H,18,21). The minimum absolute atomic E-state index is 0.272. The lowest BCUT2D eigenvalue weighted by Crippen LogP contribution is -2.13. The van der Waals surface area contributed by atoms with Gasteiger partial charge in [0.2, 0.25) is 10.0 Å². The van der Waals surface area contributed by atoms with Crippen LogP contribution in [-0.2, 0) is 17.1 Å². The van der Waals surface area contributed by atoms with E-state index >= 15 is 0 Å². The zero-order valence-corrected chi connectivity index (χ0v) is 14.0. The van der Waals surface area contributed by atoms with Crippen LogP contribution in [0.25, 0.3) is 22.5 Å². The van der Waals surface area contributed by atoms with Crippen molar-refractivity contribution in [2.45, 2.75) is 0 Å². The fraction of sp³-hybridized carbons (Fsp3) is 0.125. The molecule has 0 fully saturated rings. The van der Waals surface area contributed by atoms with Crippen molar-refractivity contribution in [3.05, 3.63) is 59.0 Å². The van der Waals surface area contributed by atoms with E-state index in [1.807, 2.05) is 36.4 Å². The number of benzene rings is 2. The number of aromatic nitrogens is 3. The van der Waals surface area contributed by atoms with Crippen molar-refractivity contribution in [2.75, 3.05) is 11.0 Å². The number of hydrogen-bond donors (Lipinski definition) is 2. The highest BCUT2D eigenvalue weighted by atomic mass is 32.2. The fourth-order valence-corrected chi connectivity index (χ4v) is 2.95. The minimum atomic E-state index is -3.29. The van der Waals surface area contributed by atoms with Gasteiger partial charge in [0.25, 0.3) is 0 Å². The van der Waals surface area contributed by atoms with Crippen LogP contribution in [0.3, 0.4) is 0 Å². The van der Waals surface area contributed by atoms with E-state index in [1.54, 1.807) is 19.2 Å². The molecule has 2 aromatic carbocycles. The van der Waals surface area contributed by atoms with Crippen LogP contribution < -0.4 is 10.4 Å². The van der Waals surface area contributed by atoms with Gasteiger partial charge in [-0.3, -0.25) is 9.29 Å². The highest BCUT2D eigenvalue weighted by molar-refractivity contribution is 7.92. The second-order valence-electron chi connectivity index (χ2n) is 5.44. The van der Waals surface area contributed by atoms with Crippen molar-refractivity contribution in [3.8, 4) is 22.5 Å². The minimum Gasteiger partial charge on any atom is -0.284 e. The van der Waals surface area contributed by atoms with Crippen molar-refractivity contribution in [3.63, 3.8) is 0 Å². The summed E-state index contributed by atoms with van der Waals surface area (Å²) in [5.74, 6) is 0.553. The molecular formula is C16H16N4O3S. The molecule has 0 saturated carbocycles. The van der Waals surface area contributed by atoms with Gasteiger partial charge >= 0.3 is 5.69 Å². The Bertz CT molecular complexity index is 1030. The molecule has 0 aliphatic rings. The van der Waals surface area contributed by atoms with Crippen LogP contribution in [0, 0.1) is 0 Å². The maximum atomic E-state index is 11.5. The number of rotatable bonds is 4. The zero-order chi connectivity index (χ0) is 17.3. The van der Waals surface area contributed by atoms with E-state index in [9.17, 15) is 13.2 Å². The van der Waals surface area contributed by atoms with Gasteiger partial charge in [-0.05, 0) is 29.3 Å². The Hall–Kier alpha value is -2.87. The normalized spacial score (nSPS) is 11.4. The Kier molecular flexibility index (Phi) is 3.98. The van der Waals surface area contributed by atoms with Gasteiger partial charge in [0, 0.05) is 18.3 Å². The molecule has 24 heavy (non-hydrogen) atoms. The number of nitrogens with zero attached hydrogens (tertiary/aromatic N) is 2. The summed E-state index contributed by atoms with van der Waals surface area (Å²) in [7, 11) is -1.64. The number of H-pyrrole nitrogens is 1. The van der Waals surface area contributed by atoms with Crippen LogP contribution in [-0.4, -0.2) is 29.4 Å². The first kappa shape index (κ1) is 16.0. The van der Waals surface area contributed by atoms with E-state index in [4.69, 9.17) is 0 Å². The summed E-state index contributed by atoms with van der Waals surface area (Å²) < 4.78 is 26.4. The van der Waals surface area contributed by atoms with Gasteiger partial charge in [0.1, 0.15) is 0 Å². The molecule has 1 heterocycles. The molecule has 0 bridgehead atoms. The van der Waals surface area contributed by atoms with E-state index in [0.717, 1.165) is 22.9 Å². The molecular weight excluding hydrogens is 328 g/mol. The summed E-state index contributed by atoms with van der Waals surface area (Å²) in [6.45, 7) is 0. The molecule has 3 aromatic rings. The molecule has 0 aliphatic heterocycles. The number of sulfonamides is 1. The van der Waals surface area contributed by atoms with Crippen LogP contribution in [0.1, 0.15) is 0 Å². The van der Waals surface area contributed by atoms with Gasteiger partial charge in [0.15, 0.2) is 5.82 Å². The molecule has 124 valence electrons. The van der Waals surface area contributed by atoms with E-state index in [0.29, 0.717) is 11.5 Å². The molecule has 0 saturated heterocycles. The van der Waals surface area contributed by atoms with Crippen LogP contribution >= 0.6 is 0 Å². The third kappa shape index (κ3) is 3.38. The van der Waals surface area contributed by atoms with Crippen LogP contribution in [0.4, 0.5) is 5.69 Å². The summed E-state index contributed by atoms with van der Waals surface area (Å²) in [5, 5.41) is 6.44. The second-order valence-corrected chi connectivity index (χ2v) is 7.19. The third-order valence-corrected chi connectivity index (χ3v) is 4.13. The summed E-state index contributed by atoms with van der Waals surface area (Å²) in [5.41, 5.74) is 2.91. The monoisotopic (exact) mass is 344 g/mol. The van der Waals surface area contributed by atoms with Crippen molar-refractivity contribution in [1.29, 1.82) is 0 Å². The Morgan fingerprint density at radius 1 is 1.04 bits per heavy atom. The van der Waals surface area contributed by atoms with Gasteiger partial charge in [0.05, 0.1) is 6.26 Å². The largest absolute Gasteiger partial charge is 0.343 e. The Morgan fingerprint density at radius 3 is 2.29 bits per heavy atom. The first-order valence-electron chi connectivity index (χ1n) is 7.13. The summed E-state index contributed by atoms with van der Waals surface area (Å²) >= 11 is 0. The van der Waals surface area contributed by atoms with Crippen molar-refractivity contribution in [2.24, 2.45) is 7.05 Å². The summed E-state index contributed by atoms with van der Waals surface area (Å²) in [4.78, 5) is 11.5. The predicted molar refractivity (Wildman–Crippen MR) is 93.2 cm³/mol. The van der Waals surface area contributed by atoms with Gasteiger partial charge < -0.3 is 0 Å². The van der Waals surface area contributed by atoms with Gasteiger partial charge in [-0.1, -0.05) is 30.3 Å². The molecule has 0 atom stereocenters. The summed E-state index contributed by atoms with van der Waals surface area (Å²) in [6.07, 6.45) is 1.11. The Labute approximate surface area is 139 Å². The van der Waals surface area contributed by atoms with Crippen LogP contribution in [0.5, 0.6) is 0 Å². The molecule has 0 amide bonds. The molecule has 1 aromatic heterocycles. The molecule has 0 unspecified atom stereocenters. The predicted octanol–water partition coefficient (Wildman–Crippen LogP) is 1.81. The highest BCUT2D eigenvalue weighted by Gasteiger charge is 2.09. The van der Waals surface area contributed by atoms with Gasteiger partial charge in [-0.25, -0.2) is 18.3 Å². The molecule has 0 radical (unpaired) electrons. The number of hydrogen-bond acceptors (Lipinski definition) is 4. The molecule has 0 spiro atoms. The second kappa shape index (κ2) is 5.97. The van der Waals surface area contributed by atoms with Crippen LogP contribution in [0.15, 0.2) is 53.3 Å². The number of aromatic amines is 1. The van der Waals surface area contributed by atoms with Crippen molar-refractivity contribution in [1.82, 2.24) is 14.8 Å². The number of anilines is 1. The van der Waals surface area contributed by atoms with E-state index < -0.39 is 10.0 Å². The van der Waals surface area contributed by atoms with E-state index in [1.165, 1.54) is 4.57 Å². The smallest absolute Gasteiger partial charge is 0.284 e. The van der Waals surface area contributed by atoms with Gasteiger partial charge in [-0.15, -0.1) is 0 Å². The maximum absolute atomic E-state index is 11.5. The van der Waals surface area contributed by atoms with E-state index in [2.05, 4.69) is 14.9 Å². The average molecular weight is 344 g/mol. The number of nitrogens with one attached hydrogen (secondary N) is 2. The van der Waals surface area contributed by atoms with Gasteiger partial charge in [-0.2, -0.15) is 5.10 Å². The lowest BCUT2D eigenvalue weighted by Gasteiger charge is -2.07. The van der Waals surface area contributed by atoms with E-state index in [-0.39, 0.29) is 5.69 Å². The van der Waals surface area contributed by atoms with Crippen molar-refractivity contribution >= 4 is 15.7 Å². The molecule has 7 nitrogen and oxygen atoms in total. The lowest BCUT2D eigenvalue weighted by molar-refractivity contribution is 0.607. The SMILES string of the molecule is Cn1c(-c2cccc(-c3ccc(NS(C)(=O)=O)cc3)c2)n[nH]c1=O. The van der Waals surface area contributed by atoms with Crippen LogP contribution in [0.2, 0.25) is 0 Å². The zero-order valence-electron chi connectivity index (χ0n) is 13.1. The fourth-order valence-electron chi connectivity index (χ4n) is 2.39. The Balaban J connectivity index is 1.94. The highest BCUT2D eigenvalue weighted by Crippen LogP contribution is 2.25. The summed E-state index contributed by atoms with van der Waals surface area (Å²) in [6, 6.07) is 14.7. The Morgan fingerprint density at radius 2 is 1.71 bits per heavy atom. The van der Waals surface area contributed by atoms with Crippen molar-refractivity contribution < 1.29 is 8.42 Å². The molecule has 8 heteroatoms. The topological polar surface area (TPSA) is 96.8 Å². The molecule has 2 N–H and O–H groups in total. The molecule has 0 aliphatic carbocycles.